The zero-order valence-electron chi connectivity index (χ0n) is 15.2. The minimum atomic E-state index is 0. The van der Waals surface area contributed by atoms with Crippen molar-refractivity contribution in [3.05, 3.63) is 83.5 Å². The summed E-state index contributed by atoms with van der Waals surface area (Å²) in [5, 5.41) is 5.14. The Morgan fingerprint density at radius 2 is 1.63 bits per heavy atom. The smallest absolute Gasteiger partial charge is 0.212 e. The van der Waals surface area contributed by atoms with Crippen molar-refractivity contribution in [3.63, 3.8) is 0 Å². The molecule has 0 unspecified atom stereocenters. The third kappa shape index (κ3) is 3.01. The molecule has 0 atom stereocenters. The lowest BCUT2D eigenvalue weighted by Crippen LogP contribution is -3.00. The van der Waals surface area contributed by atoms with Crippen molar-refractivity contribution in [2.75, 3.05) is 11.9 Å². The van der Waals surface area contributed by atoms with Gasteiger partial charge in [-0.2, -0.15) is 0 Å². The van der Waals surface area contributed by atoms with Crippen LogP contribution < -0.4 is 33.4 Å². The third-order valence-corrected chi connectivity index (χ3v) is 6.25. The van der Waals surface area contributed by atoms with Crippen LogP contribution in [0.4, 0.5) is 5.69 Å². The van der Waals surface area contributed by atoms with Gasteiger partial charge in [0, 0.05) is 29.5 Å². The molecule has 0 N–H and O–H groups in total. The maximum Gasteiger partial charge on any atom is 0.212 e. The van der Waals surface area contributed by atoms with Gasteiger partial charge in [-0.1, -0.05) is 54.2 Å². The van der Waals surface area contributed by atoms with Crippen LogP contribution in [0.25, 0.3) is 27.8 Å². The average molecular weight is 482 g/mol. The van der Waals surface area contributed by atoms with Gasteiger partial charge >= 0.3 is 0 Å². The molecule has 0 saturated carbocycles. The molecule has 1 aromatic heterocycles. The van der Waals surface area contributed by atoms with Crippen molar-refractivity contribution in [1.82, 2.24) is 0 Å². The number of benzene rings is 3. The minimum absolute atomic E-state index is 0. The van der Waals surface area contributed by atoms with Crippen LogP contribution in [0.1, 0.15) is 5.56 Å². The zero-order chi connectivity index (χ0) is 17.7. The highest BCUT2D eigenvalue weighted by Crippen LogP contribution is 2.49. The lowest BCUT2D eigenvalue weighted by atomic mass is 10.1. The number of aryl methyl sites for hydroxylation is 1. The first kappa shape index (κ1) is 18.3. The lowest BCUT2D eigenvalue weighted by molar-refractivity contribution is -0.644. The van der Waals surface area contributed by atoms with Crippen molar-refractivity contribution >= 4 is 45.2 Å². The van der Waals surface area contributed by atoms with E-state index >= 15 is 0 Å². The Morgan fingerprint density at radius 3 is 2.48 bits per heavy atom. The van der Waals surface area contributed by atoms with Crippen LogP contribution in [0, 0.1) is 0 Å². The fourth-order valence-electron chi connectivity index (χ4n) is 3.73. The van der Waals surface area contributed by atoms with Gasteiger partial charge in [0.25, 0.3) is 0 Å². The summed E-state index contributed by atoms with van der Waals surface area (Å²) in [5.74, 6) is 0. The summed E-state index contributed by atoms with van der Waals surface area (Å²) in [6, 6.07) is 23.8. The Kier molecular flexibility index (Phi) is 4.86. The molecular weight excluding hydrogens is 463 g/mol. The largest absolute Gasteiger partial charge is 1.00 e. The lowest BCUT2D eigenvalue weighted by Gasteiger charge is -2.16. The third-order valence-electron chi connectivity index (χ3n) is 5.10. The van der Waals surface area contributed by atoms with Crippen LogP contribution in [-0.4, -0.2) is 7.05 Å². The van der Waals surface area contributed by atoms with Crippen LogP contribution >= 0.6 is 11.8 Å². The first-order valence-corrected chi connectivity index (χ1v) is 9.56. The molecule has 4 heteroatoms. The zero-order valence-corrected chi connectivity index (χ0v) is 18.2. The second kappa shape index (κ2) is 7.17. The molecule has 0 saturated heterocycles. The van der Waals surface area contributed by atoms with Crippen LogP contribution in [0.5, 0.6) is 0 Å². The molecule has 1 aliphatic rings. The fraction of sp³-hybridized carbons (Fsp3) is 0.0870. The van der Waals surface area contributed by atoms with Crippen LogP contribution in [0.2, 0.25) is 0 Å². The molecule has 0 amide bonds. The molecule has 0 fully saturated rings. The molecule has 2 nitrogen and oxygen atoms in total. The van der Waals surface area contributed by atoms with Crippen molar-refractivity contribution in [1.29, 1.82) is 0 Å². The average Bonchev–Trinajstić information content (AvgIpc) is 3.00. The number of fused-ring (bicyclic) bond motifs is 4. The molecular formula is C23H19IN2S. The van der Waals surface area contributed by atoms with Gasteiger partial charge in [0.2, 0.25) is 5.52 Å². The Labute approximate surface area is 180 Å². The van der Waals surface area contributed by atoms with Gasteiger partial charge in [-0.15, -0.1) is 0 Å². The van der Waals surface area contributed by atoms with Gasteiger partial charge in [-0.05, 0) is 29.2 Å². The van der Waals surface area contributed by atoms with Gasteiger partial charge in [-0.3, -0.25) is 0 Å². The number of aromatic nitrogens is 1. The molecule has 0 bridgehead atoms. The summed E-state index contributed by atoms with van der Waals surface area (Å²) in [5.41, 5.74) is 3.81. The maximum absolute atomic E-state index is 2.32. The highest BCUT2D eigenvalue weighted by atomic mass is 127. The van der Waals surface area contributed by atoms with Gasteiger partial charge < -0.3 is 28.9 Å². The van der Waals surface area contributed by atoms with Crippen LogP contribution in [-0.2, 0) is 7.05 Å². The quantitative estimate of drug-likeness (QED) is 0.304. The summed E-state index contributed by atoms with van der Waals surface area (Å²) in [6.45, 7) is 0. The number of para-hydroxylation sites is 1. The highest BCUT2D eigenvalue weighted by Gasteiger charge is 2.24. The van der Waals surface area contributed by atoms with E-state index in [0.717, 1.165) is 0 Å². The van der Waals surface area contributed by atoms with Gasteiger partial charge in [0.1, 0.15) is 7.05 Å². The number of pyridine rings is 1. The first-order valence-electron chi connectivity index (χ1n) is 8.75. The Balaban J connectivity index is 0.00000180. The second-order valence-electron chi connectivity index (χ2n) is 6.68. The minimum Gasteiger partial charge on any atom is -1.00 e. The molecule has 134 valence electrons. The molecule has 2 heterocycles. The van der Waals surface area contributed by atoms with E-state index in [1.54, 1.807) is 0 Å². The van der Waals surface area contributed by atoms with Gasteiger partial charge in [-0.25, -0.2) is 4.57 Å². The molecule has 0 spiro atoms. The van der Waals surface area contributed by atoms with Crippen LogP contribution in [0.15, 0.2) is 82.9 Å². The summed E-state index contributed by atoms with van der Waals surface area (Å²) < 4.78 is 2.17. The fourth-order valence-corrected chi connectivity index (χ4v) is 4.85. The second-order valence-corrected chi connectivity index (χ2v) is 7.74. The van der Waals surface area contributed by atoms with Gasteiger partial charge in [0.05, 0.1) is 16.1 Å². The summed E-state index contributed by atoms with van der Waals surface area (Å²) in [7, 11) is 4.26. The Morgan fingerprint density at radius 1 is 0.889 bits per heavy atom. The predicted molar refractivity (Wildman–Crippen MR) is 111 cm³/mol. The number of hydrogen-bond acceptors (Lipinski definition) is 2. The summed E-state index contributed by atoms with van der Waals surface area (Å²) in [4.78, 5) is 3.65. The number of thioether (sulfide) groups is 1. The predicted octanol–water partition coefficient (Wildman–Crippen LogP) is 2.36. The molecule has 3 aromatic carbocycles. The normalized spacial score (nSPS) is 14.6. The standard InChI is InChI=1S/C23H19N2S.HI/c1-24-14-13-17(18-8-5-6-10-20(18)24)15-22-25(2)23-19-9-4-3-7-16(19)11-12-21(23)26-22;/h3-15H,1-2H3;1H/q+1;/p-1. The molecule has 4 aromatic rings. The number of hydrogen-bond donors (Lipinski definition) is 0. The first-order chi connectivity index (χ1) is 12.7. The molecule has 27 heavy (non-hydrogen) atoms. The van der Waals surface area contributed by atoms with E-state index in [1.807, 2.05) is 11.8 Å². The summed E-state index contributed by atoms with van der Waals surface area (Å²) in [6.07, 6.45) is 4.44. The number of nitrogens with zero attached hydrogens (tertiary/aromatic N) is 2. The van der Waals surface area contributed by atoms with E-state index in [0.29, 0.717) is 0 Å². The SMILES string of the molecule is CN1/C(=C/c2cc[n+](C)c3ccccc23)Sc2ccc3ccccc3c21.[I-]. The van der Waals surface area contributed by atoms with Crippen molar-refractivity contribution in [2.45, 2.75) is 4.90 Å². The van der Waals surface area contributed by atoms with E-state index in [9.17, 15) is 0 Å². The monoisotopic (exact) mass is 482 g/mol. The number of halogens is 1. The topological polar surface area (TPSA) is 7.12 Å². The van der Waals surface area contributed by atoms with E-state index < -0.39 is 0 Å². The van der Waals surface area contributed by atoms with Crippen molar-refractivity contribution in [2.24, 2.45) is 7.05 Å². The van der Waals surface area contributed by atoms with Crippen LogP contribution in [0.3, 0.4) is 0 Å². The Bertz CT molecular complexity index is 1200. The Hall–Kier alpha value is -2.05. The summed E-state index contributed by atoms with van der Waals surface area (Å²) >= 11 is 1.85. The van der Waals surface area contributed by atoms with Gasteiger partial charge in [0.15, 0.2) is 6.20 Å². The molecule has 0 radical (unpaired) electrons. The van der Waals surface area contributed by atoms with E-state index in [2.05, 4.69) is 103 Å². The van der Waals surface area contributed by atoms with E-state index in [-0.39, 0.29) is 24.0 Å². The van der Waals surface area contributed by atoms with E-state index in [4.69, 9.17) is 0 Å². The highest BCUT2D eigenvalue weighted by molar-refractivity contribution is 8.04. The number of rotatable bonds is 1. The molecule has 5 rings (SSSR count). The van der Waals surface area contributed by atoms with Crippen molar-refractivity contribution in [3.8, 4) is 0 Å². The van der Waals surface area contributed by atoms with E-state index in [1.165, 1.54) is 42.9 Å². The van der Waals surface area contributed by atoms with Crippen molar-refractivity contribution < 1.29 is 28.5 Å². The maximum atomic E-state index is 2.32. The molecule has 1 aliphatic heterocycles. The number of anilines is 1. The molecule has 0 aliphatic carbocycles.